The molecule has 1 atom stereocenters. The first-order valence-electron chi connectivity index (χ1n) is 6.63. The van der Waals surface area contributed by atoms with Gasteiger partial charge in [-0.2, -0.15) is 0 Å². The van der Waals surface area contributed by atoms with Crippen LogP contribution in [0.4, 0.5) is 0 Å². The maximum Gasteiger partial charge on any atom is 0.305 e. The second-order valence-electron chi connectivity index (χ2n) is 4.60. The Bertz CT molecular complexity index is 384. The van der Waals surface area contributed by atoms with E-state index in [0.717, 1.165) is 11.3 Å². The molecular formula is C15H22O4. The minimum absolute atomic E-state index is 0.125. The van der Waals surface area contributed by atoms with E-state index in [9.17, 15) is 9.90 Å². The van der Waals surface area contributed by atoms with E-state index in [-0.39, 0.29) is 18.5 Å². The fourth-order valence-corrected chi connectivity index (χ4v) is 1.70. The lowest BCUT2D eigenvalue weighted by Gasteiger charge is -2.13. The van der Waals surface area contributed by atoms with Crippen LogP contribution >= 0.6 is 0 Å². The summed E-state index contributed by atoms with van der Waals surface area (Å²) in [7, 11) is 0. The molecule has 0 bridgehead atoms. The van der Waals surface area contributed by atoms with Gasteiger partial charge in [0.2, 0.25) is 0 Å². The molecule has 4 nitrogen and oxygen atoms in total. The molecule has 1 unspecified atom stereocenters. The molecule has 1 rings (SSSR count). The van der Waals surface area contributed by atoms with E-state index in [1.54, 1.807) is 6.92 Å². The normalized spacial score (nSPS) is 12.3. The molecule has 1 aromatic rings. The SMILES string of the molecule is CCOC(=O)CCC(O)c1ccc(OC(C)C)cc1. The predicted octanol–water partition coefficient (Wildman–Crippen LogP) is 2.85. The van der Waals surface area contributed by atoms with Crippen molar-refractivity contribution in [3.8, 4) is 5.75 Å². The average Bonchev–Trinajstić information content (AvgIpc) is 2.36. The first-order valence-corrected chi connectivity index (χ1v) is 6.63. The smallest absolute Gasteiger partial charge is 0.305 e. The summed E-state index contributed by atoms with van der Waals surface area (Å²) in [5.41, 5.74) is 0.778. The van der Waals surface area contributed by atoms with Gasteiger partial charge in [-0.1, -0.05) is 12.1 Å². The average molecular weight is 266 g/mol. The molecule has 0 amide bonds. The molecular weight excluding hydrogens is 244 g/mol. The topological polar surface area (TPSA) is 55.8 Å². The third kappa shape index (κ3) is 5.75. The second-order valence-corrected chi connectivity index (χ2v) is 4.60. The predicted molar refractivity (Wildman–Crippen MR) is 73.0 cm³/mol. The minimum atomic E-state index is -0.655. The monoisotopic (exact) mass is 266 g/mol. The standard InChI is InChI=1S/C15H22O4/c1-4-18-15(17)10-9-14(16)12-5-7-13(8-6-12)19-11(2)3/h5-8,11,14,16H,4,9-10H2,1-3H3. The summed E-state index contributed by atoms with van der Waals surface area (Å²) in [6, 6.07) is 7.27. The number of carbonyl (C=O) groups excluding carboxylic acids is 1. The molecule has 106 valence electrons. The number of rotatable bonds is 7. The van der Waals surface area contributed by atoms with Gasteiger partial charge in [0.15, 0.2) is 0 Å². The molecule has 0 aliphatic rings. The van der Waals surface area contributed by atoms with Gasteiger partial charge in [0.25, 0.3) is 0 Å². The fourth-order valence-electron chi connectivity index (χ4n) is 1.70. The molecule has 19 heavy (non-hydrogen) atoms. The van der Waals surface area contributed by atoms with Gasteiger partial charge in [0.05, 0.1) is 18.8 Å². The van der Waals surface area contributed by atoms with E-state index < -0.39 is 6.10 Å². The number of hydrogen-bond donors (Lipinski definition) is 1. The minimum Gasteiger partial charge on any atom is -0.491 e. The summed E-state index contributed by atoms with van der Waals surface area (Å²) in [6.45, 7) is 6.06. The van der Waals surface area contributed by atoms with Crippen LogP contribution in [-0.4, -0.2) is 23.8 Å². The highest BCUT2D eigenvalue weighted by Crippen LogP contribution is 2.22. The molecule has 0 saturated carbocycles. The van der Waals surface area contributed by atoms with Crippen molar-refractivity contribution < 1.29 is 19.4 Å². The number of aliphatic hydroxyl groups is 1. The van der Waals surface area contributed by atoms with Crippen LogP contribution in [0.1, 0.15) is 45.3 Å². The molecule has 0 aliphatic heterocycles. The van der Waals surface area contributed by atoms with Crippen LogP contribution in [0, 0.1) is 0 Å². The highest BCUT2D eigenvalue weighted by atomic mass is 16.5. The second kappa shape index (κ2) is 7.79. The van der Waals surface area contributed by atoms with E-state index in [0.29, 0.717) is 13.0 Å². The van der Waals surface area contributed by atoms with E-state index in [4.69, 9.17) is 9.47 Å². The van der Waals surface area contributed by atoms with E-state index >= 15 is 0 Å². The summed E-state index contributed by atoms with van der Waals surface area (Å²) < 4.78 is 10.3. The maximum atomic E-state index is 11.2. The van der Waals surface area contributed by atoms with Crippen molar-refractivity contribution >= 4 is 5.97 Å². The number of hydrogen-bond acceptors (Lipinski definition) is 4. The van der Waals surface area contributed by atoms with Gasteiger partial charge in [-0.15, -0.1) is 0 Å². The first-order chi connectivity index (χ1) is 9.02. The van der Waals surface area contributed by atoms with E-state index in [2.05, 4.69) is 0 Å². The van der Waals surface area contributed by atoms with E-state index in [1.165, 1.54) is 0 Å². The van der Waals surface area contributed by atoms with Crippen molar-refractivity contribution in [3.63, 3.8) is 0 Å². The molecule has 4 heteroatoms. The first kappa shape index (κ1) is 15.5. The number of esters is 1. The lowest BCUT2D eigenvalue weighted by atomic mass is 10.0. The Labute approximate surface area is 114 Å². The Morgan fingerprint density at radius 2 is 1.89 bits per heavy atom. The number of carbonyl (C=O) groups is 1. The summed E-state index contributed by atoms with van der Waals surface area (Å²) in [5.74, 6) is 0.498. The summed E-state index contributed by atoms with van der Waals surface area (Å²) in [4.78, 5) is 11.2. The van der Waals surface area contributed by atoms with Crippen LogP contribution < -0.4 is 4.74 Å². The summed E-state index contributed by atoms with van der Waals surface area (Å²) >= 11 is 0. The molecule has 0 fully saturated rings. The third-order valence-electron chi connectivity index (χ3n) is 2.56. The number of aliphatic hydroxyl groups excluding tert-OH is 1. The third-order valence-corrected chi connectivity index (χ3v) is 2.56. The Hall–Kier alpha value is -1.55. The molecule has 0 saturated heterocycles. The quantitative estimate of drug-likeness (QED) is 0.771. The van der Waals surface area contributed by atoms with Gasteiger partial charge in [0, 0.05) is 6.42 Å². The Morgan fingerprint density at radius 3 is 2.42 bits per heavy atom. The van der Waals surface area contributed by atoms with Crippen LogP contribution in [0.2, 0.25) is 0 Å². The van der Waals surface area contributed by atoms with Gasteiger partial charge >= 0.3 is 5.97 Å². The molecule has 0 aliphatic carbocycles. The van der Waals surface area contributed by atoms with E-state index in [1.807, 2.05) is 38.1 Å². The lowest BCUT2D eigenvalue weighted by Crippen LogP contribution is -2.07. The molecule has 0 heterocycles. The zero-order valence-electron chi connectivity index (χ0n) is 11.8. The highest BCUT2D eigenvalue weighted by molar-refractivity contribution is 5.69. The van der Waals surface area contributed by atoms with Crippen molar-refractivity contribution in [2.75, 3.05) is 6.61 Å². The zero-order chi connectivity index (χ0) is 14.3. The molecule has 1 N–H and O–H groups in total. The molecule has 0 radical (unpaired) electrons. The fraction of sp³-hybridized carbons (Fsp3) is 0.533. The van der Waals surface area contributed by atoms with Crippen LogP contribution in [0.5, 0.6) is 5.75 Å². The molecule has 0 spiro atoms. The number of ether oxygens (including phenoxy) is 2. The molecule has 0 aromatic heterocycles. The Balaban J connectivity index is 2.48. The Kier molecular flexibility index (Phi) is 6.36. The highest BCUT2D eigenvalue weighted by Gasteiger charge is 2.11. The van der Waals surface area contributed by atoms with Gasteiger partial charge in [-0.3, -0.25) is 4.79 Å². The van der Waals surface area contributed by atoms with Gasteiger partial charge in [-0.25, -0.2) is 0 Å². The molecule has 1 aromatic carbocycles. The summed E-state index contributed by atoms with van der Waals surface area (Å²) in [5, 5.41) is 9.96. The van der Waals surface area contributed by atoms with Gasteiger partial charge < -0.3 is 14.6 Å². The van der Waals surface area contributed by atoms with Crippen LogP contribution in [0.15, 0.2) is 24.3 Å². The van der Waals surface area contributed by atoms with Crippen molar-refractivity contribution in [2.45, 2.75) is 45.8 Å². The van der Waals surface area contributed by atoms with Crippen molar-refractivity contribution in [2.24, 2.45) is 0 Å². The van der Waals surface area contributed by atoms with Crippen LogP contribution in [0.25, 0.3) is 0 Å². The largest absolute Gasteiger partial charge is 0.491 e. The zero-order valence-corrected chi connectivity index (χ0v) is 11.8. The maximum absolute atomic E-state index is 11.2. The Morgan fingerprint density at radius 1 is 1.26 bits per heavy atom. The van der Waals surface area contributed by atoms with Crippen molar-refractivity contribution in [3.05, 3.63) is 29.8 Å². The lowest BCUT2D eigenvalue weighted by molar-refractivity contribution is -0.143. The van der Waals surface area contributed by atoms with Crippen LogP contribution in [0.3, 0.4) is 0 Å². The van der Waals surface area contributed by atoms with Crippen LogP contribution in [-0.2, 0) is 9.53 Å². The van der Waals surface area contributed by atoms with Gasteiger partial charge in [-0.05, 0) is 44.9 Å². The van der Waals surface area contributed by atoms with Crippen molar-refractivity contribution in [1.82, 2.24) is 0 Å². The number of benzene rings is 1. The van der Waals surface area contributed by atoms with Gasteiger partial charge in [0.1, 0.15) is 5.75 Å². The summed E-state index contributed by atoms with van der Waals surface area (Å²) in [6.07, 6.45) is 0.0553. The van der Waals surface area contributed by atoms with Crippen molar-refractivity contribution in [1.29, 1.82) is 0 Å².